The van der Waals surface area contributed by atoms with Gasteiger partial charge in [-0.05, 0) is 49.2 Å². The predicted octanol–water partition coefficient (Wildman–Crippen LogP) is 3.50. The summed E-state index contributed by atoms with van der Waals surface area (Å²) in [6, 6.07) is 9.31. The maximum Gasteiger partial charge on any atom is 0.243 e. The molecule has 4 nitrogen and oxygen atoms in total. The zero-order valence-electron chi connectivity index (χ0n) is 12.8. The third-order valence-electron chi connectivity index (χ3n) is 3.85. The van der Waals surface area contributed by atoms with Crippen molar-refractivity contribution in [2.24, 2.45) is 4.99 Å². The molecule has 0 radical (unpaired) electrons. The van der Waals surface area contributed by atoms with Crippen molar-refractivity contribution in [1.29, 1.82) is 0 Å². The van der Waals surface area contributed by atoms with Crippen LogP contribution in [0.25, 0.3) is 0 Å². The monoisotopic (exact) mass is 350 g/mol. The molecule has 0 atom stereocenters. The van der Waals surface area contributed by atoms with Crippen molar-refractivity contribution >= 4 is 21.9 Å². The van der Waals surface area contributed by atoms with Crippen LogP contribution in [0.15, 0.2) is 52.4 Å². The summed E-state index contributed by atoms with van der Waals surface area (Å²) in [5, 5.41) is 0. The summed E-state index contributed by atoms with van der Waals surface area (Å²) in [6.07, 6.45) is 3.04. The summed E-state index contributed by atoms with van der Waals surface area (Å²) >= 11 is 0. The van der Waals surface area contributed by atoms with Crippen LogP contribution in [-0.2, 0) is 10.0 Å². The van der Waals surface area contributed by atoms with Gasteiger partial charge in [-0.2, -0.15) is 4.31 Å². The van der Waals surface area contributed by atoms with Gasteiger partial charge in [0, 0.05) is 30.9 Å². The Morgan fingerprint density at radius 1 is 1.00 bits per heavy atom. The first-order chi connectivity index (χ1) is 11.5. The highest BCUT2D eigenvalue weighted by Gasteiger charge is 2.26. The van der Waals surface area contributed by atoms with Crippen molar-refractivity contribution in [3.8, 4) is 0 Å². The Balaban J connectivity index is 1.78. The van der Waals surface area contributed by atoms with Crippen LogP contribution in [-0.4, -0.2) is 32.0 Å². The SMILES string of the molecule is O=S(=O)(c1ccc(N=Cc2ccc(F)cc2F)cc1)N1CCCC1. The van der Waals surface area contributed by atoms with E-state index in [-0.39, 0.29) is 10.5 Å². The van der Waals surface area contributed by atoms with Gasteiger partial charge in [-0.3, -0.25) is 4.99 Å². The van der Waals surface area contributed by atoms with E-state index in [1.807, 2.05) is 0 Å². The van der Waals surface area contributed by atoms with Crippen LogP contribution >= 0.6 is 0 Å². The molecule has 0 aliphatic carbocycles. The summed E-state index contributed by atoms with van der Waals surface area (Å²) in [5.74, 6) is -1.35. The van der Waals surface area contributed by atoms with E-state index in [4.69, 9.17) is 0 Å². The molecule has 0 bridgehead atoms. The van der Waals surface area contributed by atoms with Crippen molar-refractivity contribution < 1.29 is 17.2 Å². The maximum absolute atomic E-state index is 13.5. The summed E-state index contributed by atoms with van der Waals surface area (Å²) in [6.45, 7) is 1.10. The quantitative estimate of drug-likeness (QED) is 0.793. The lowest BCUT2D eigenvalue weighted by Crippen LogP contribution is -2.27. The van der Waals surface area contributed by atoms with Crippen LogP contribution in [0.4, 0.5) is 14.5 Å². The van der Waals surface area contributed by atoms with Gasteiger partial charge in [0.2, 0.25) is 10.0 Å². The zero-order chi connectivity index (χ0) is 17.2. The number of aliphatic imine (C=N–C) groups is 1. The maximum atomic E-state index is 13.5. The first-order valence-electron chi connectivity index (χ1n) is 7.56. The molecule has 1 saturated heterocycles. The Bertz CT molecular complexity index is 859. The smallest absolute Gasteiger partial charge is 0.243 e. The van der Waals surface area contributed by atoms with Crippen molar-refractivity contribution in [1.82, 2.24) is 4.31 Å². The number of halogens is 2. The first kappa shape index (κ1) is 16.7. The molecule has 0 spiro atoms. The van der Waals surface area contributed by atoms with Gasteiger partial charge >= 0.3 is 0 Å². The Morgan fingerprint density at radius 3 is 2.29 bits per heavy atom. The number of rotatable bonds is 4. The third kappa shape index (κ3) is 3.52. The van der Waals surface area contributed by atoms with Gasteiger partial charge in [0.15, 0.2) is 0 Å². The summed E-state index contributed by atoms with van der Waals surface area (Å²) in [5.41, 5.74) is 0.643. The van der Waals surface area contributed by atoms with Crippen molar-refractivity contribution in [2.45, 2.75) is 17.7 Å². The minimum absolute atomic E-state index is 0.158. The molecule has 1 aliphatic rings. The lowest BCUT2D eigenvalue weighted by Gasteiger charge is -2.15. The summed E-state index contributed by atoms with van der Waals surface area (Å²) < 4.78 is 52.7. The Kier molecular flexibility index (Phi) is 4.73. The number of nitrogens with zero attached hydrogens (tertiary/aromatic N) is 2. The lowest BCUT2D eigenvalue weighted by molar-refractivity contribution is 0.477. The standard InChI is InChI=1S/C17H16F2N2O2S/c18-14-4-3-13(17(19)11-14)12-20-15-5-7-16(8-6-15)24(22,23)21-9-1-2-10-21/h3-8,11-12H,1-2,9-10H2. The fourth-order valence-corrected chi connectivity index (χ4v) is 4.05. The molecule has 24 heavy (non-hydrogen) atoms. The Hall–Kier alpha value is -2.12. The largest absolute Gasteiger partial charge is 0.256 e. The molecule has 0 amide bonds. The molecule has 3 rings (SSSR count). The fraction of sp³-hybridized carbons (Fsp3) is 0.235. The van der Waals surface area contributed by atoms with E-state index in [0.29, 0.717) is 18.8 Å². The van der Waals surface area contributed by atoms with E-state index in [1.54, 1.807) is 12.1 Å². The minimum atomic E-state index is -3.45. The van der Waals surface area contributed by atoms with E-state index in [2.05, 4.69) is 4.99 Å². The first-order valence-corrected chi connectivity index (χ1v) is 9.00. The zero-order valence-corrected chi connectivity index (χ0v) is 13.6. The topological polar surface area (TPSA) is 49.7 Å². The average Bonchev–Trinajstić information content (AvgIpc) is 3.10. The van der Waals surface area contributed by atoms with E-state index in [9.17, 15) is 17.2 Å². The fourth-order valence-electron chi connectivity index (χ4n) is 2.53. The van der Waals surface area contributed by atoms with Crippen LogP contribution < -0.4 is 0 Å². The van der Waals surface area contributed by atoms with Gasteiger partial charge in [0.25, 0.3) is 0 Å². The van der Waals surface area contributed by atoms with E-state index < -0.39 is 21.7 Å². The normalized spacial score (nSPS) is 16.1. The van der Waals surface area contributed by atoms with Crippen molar-refractivity contribution in [2.75, 3.05) is 13.1 Å². The molecule has 2 aromatic rings. The highest BCUT2D eigenvalue weighted by atomic mass is 32.2. The molecule has 1 fully saturated rings. The highest BCUT2D eigenvalue weighted by molar-refractivity contribution is 7.89. The number of sulfonamides is 1. The summed E-state index contributed by atoms with van der Waals surface area (Å²) in [4.78, 5) is 4.31. The van der Waals surface area contributed by atoms with Crippen molar-refractivity contribution in [3.05, 3.63) is 59.7 Å². The molecule has 0 unspecified atom stereocenters. The second kappa shape index (κ2) is 6.78. The van der Waals surface area contributed by atoms with Crippen molar-refractivity contribution in [3.63, 3.8) is 0 Å². The van der Waals surface area contributed by atoms with Gasteiger partial charge in [0.1, 0.15) is 11.6 Å². The van der Waals surface area contributed by atoms with Crippen LogP contribution in [0.2, 0.25) is 0 Å². The van der Waals surface area contributed by atoms with Crippen LogP contribution in [0, 0.1) is 11.6 Å². The lowest BCUT2D eigenvalue weighted by atomic mass is 10.2. The highest BCUT2D eigenvalue weighted by Crippen LogP contribution is 2.23. The Labute approximate surface area is 139 Å². The van der Waals surface area contributed by atoms with Gasteiger partial charge in [-0.15, -0.1) is 0 Å². The molecule has 0 saturated carbocycles. The van der Waals surface area contributed by atoms with E-state index in [1.165, 1.54) is 28.7 Å². The molecule has 1 heterocycles. The molecular weight excluding hydrogens is 334 g/mol. The van der Waals surface area contributed by atoms with Gasteiger partial charge < -0.3 is 0 Å². The molecule has 0 N–H and O–H groups in total. The second-order valence-electron chi connectivity index (χ2n) is 5.53. The van der Waals surface area contributed by atoms with Gasteiger partial charge in [-0.1, -0.05) is 0 Å². The second-order valence-corrected chi connectivity index (χ2v) is 7.47. The molecule has 7 heteroatoms. The third-order valence-corrected chi connectivity index (χ3v) is 5.77. The van der Waals surface area contributed by atoms with Gasteiger partial charge in [0.05, 0.1) is 10.6 Å². The molecule has 0 aromatic heterocycles. The number of hydrogen-bond donors (Lipinski definition) is 0. The summed E-state index contributed by atoms with van der Waals surface area (Å²) in [7, 11) is -3.45. The Morgan fingerprint density at radius 2 is 1.67 bits per heavy atom. The van der Waals surface area contributed by atoms with Crippen LogP contribution in [0.3, 0.4) is 0 Å². The predicted molar refractivity (Wildman–Crippen MR) is 88.0 cm³/mol. The van der Waals surface area contributed by atoms with Crippen LogP contribution in [0.5, 0.6) is 0 Å². The molecule has 2 aromatic carbocycles. The average molecular weight is 350 g/mol. The van der Waals surface area contributed by atoms with Gasteiger partial charge in [-0.25, -0.2) is 17.2 Å². The van der Waals surface area contributed by atoms with Crippen LogP contribution in [0.1, 0.15) is 18.4 Å². The number of benzene rings is 2. The van der Waals surface area contributed by atoms with E-state index >= 15 is 0 Å². The molecule has 1 aliphatic heterocycles. The molecular formula is C17H16F2N2O2S. The minimum Gasteiger partial charge on any atom is -0.256 e. The molecule has 126 valence electrons. The number of hydrogen-bond acceptors (Lipinski definition) is 3. The van der Waals surface area contributed by atoms with E-state index in [0.717, 1.165) is 25.0 Å².